The molecule has 0 bridgehead atoms. The van der Waals surface area contributed by atoms with Crippen LogP contribution in [0, 0.1) is 5.92 Å². The van der Waals surface area contributed by atoms with Crippen LogP contribution in [0.4, 0.5) is 0 Å². The second-order valence-electron chi connectivity index (χ2n) is 4.50. The fourth-order valence-corrected chi connectivity index (χ4v) is 3.56. The van der Waals surface area contributed by atoms with Crippen LogP contribution < -0.4 is 4.74 Å². The van der Waals surface area contributed by atoms with E-state index >= 15 is 0 Å². The molecule has 0 aliphatic rings. The number of halogens is 1. The van der Waals surface area contributed by atoms with Crippen molar-refractivity contribution in [2.45, 2.75) is 12.8 Å². The maximum atomic E-state index is 11.4. The van der Waals surface area contributed by atoms with Crippen molar-refractivity contribution in [3.63, 3.8) is 0 Å². The van der Waals surface area contributed by atoms with Crippen molar-refractivity contribution in [1.82, 2.24) is 0 Å². The molecule has 0 saturated heterocycles. The molecule has 0 amide bonds. The number of hydrogen-bond donors (Lipinski definition) is 1. The van der Waals surface area contributed by atoms with E-state index in [0.717, 1.165) is 20.0 Å². The highest BCUT2D eigenvalue weighted by atomic mass is 79.9. The lowest BCUT2D eigenvalue weighted by Crippen LogP contribution is -2.18. The number of carboxylic acid groups (broad SMARTS) is 1. The molecule has 2 aromatic rings. The molecule has 1 aromatic heterocycles. The largest absolute Gasteiger partial charge is 0.497 e. The lowest BCUT2D eigenvalue weighted by atomic mass is 9.95. The third kappa shape index (κ3) is 4.08. The quantitative estimate of drug-likeness (QED) is 0.852. The number of thiophene rings is 1. The summed E-state index contributed by atoms with van der Waals surface area (Å²) < 4.78 is 6.13. The van der Waals surface area contributed by atoms with Gasteiger partial charge in [0.1, 0.15) is 5.75 Å². The smallest absolute Gasteiger partial charge is 0.307 e. The van der Waals surface area contributed by atoms with Crippen LogP contribution >= 0.6 is 27.3 Å². The predicted molar refractivity (Wildman–Crippen MR) is 83.5 cm³/mol. The summed E-state index contributed by atoms with van der Waals surface area (Å²) in [6.07, 6.45) is 1.08. The van der Waals surface area contributed by atoms with Crippen LogP contribution in [0.1, 0.15) is 10.4 Å². The lowest BCUT2D eigenvalue weighted by molar-refractivity contribution is -0.141. The van der Waals surface area contributed by atoms with Crippen LogP contribution in [0.25, 0.3) is 0 Å². The molecule has 5 heteroatoms. The minimum atomic E-state index is -0.759. The van der Waals surface area contributed by atoms with Gasteiger partial charge in [-0.15, -0.1) is 11.3 Å². The molecule has 1 N–H and O–H groups in total. The SMILES string of the molecule is COc1ccc(CC(Cc2ccc(Br)s2)C(=O)O)cc1. The van der Waals surface area contributed by atoms with Gasteiger partial charge in [0.25, 0.3) is 0 Å². The number of benzene rings is 1. The van der Waals surface area contributed by atoms with Gasteiger partial charge in [-0.2, -0.15) is 0 Å². The molecule has 0 aliphatic heterocycles. The maximum absolute atomic E-state index is 11.4. The Kier molecular flexibility index (Phi) is 5.20. The van der Waals surface area contributed by atoms with Crippen LogP contribution in [0.15, 0.2) is 40.2 Å². The standard InChI is InChI=1S/C15H15BrO3S/c1-19-12-4-2-10(3-5-12)8-11(15(17)18)9-13-6-7-14(16)20-13/h2-7,11H,8-9H2,1H3,(H,17,18). The summed E-state index contributed by atoms with van der Waals surface area (Å²) in [4.78, 5) is 12.5. The number of aliphatic carboxylic acids is 1. The van der Waals surface area contributed by atoms with Crippen LogP contribution in [-0.4, -0.2) is 18.2 Å². The maximum Gasteiger partial charge on any atom is 0.307 e. The normalized spacial score (nSPS) is 12.1. The summed E-state index contributed by atoms with van der Waals surface area (Å²) in [5, 5.41) is 9.37. The molecule has 1 aromatic carbocycles. The van der Waals surface area contributed by atoms with Crippen LogP contribution in [-0.2, 0) is 17.6 Å². The summed E-state index contributed by atoms with van der Waals surface area (Å²) in [7, 11) is 1.61. The number of hydrogen-bond acceptors (Lipinski definition) is 3. The Morgan fingerprint density at radius 1 is 1.25 bits per heavy atom. The molecule has 0 radical (unpaired) electrons. The van der Waals surface area contributed by atoms with Crippen molar-refractivity contribution < 1.29 is 14.6 Å². The molecule has 0 fully saturated rings. The van der Waals surface area contributed by atoms with Gasteiger partial charge in [-0.1, -0.05) is 12.1 Å². The molecular weight excluding hydrogens is 340 g/mol. The van der Waals surface area contributed by atoms with E-state index in [4.69, 9.17) is 4.74 Å². The Labute approximate surface area is 130 Å². The average Bonchev–Trinajstić information content (AvgIpc) is 2.84. The summed E-state index contributed by atoms with van der Waals surface area (Å²) in [5.74, 6) is -0.387. The fourth-order valence-electron chi connectivity index (χ4n) is 2.00. The average molecular weight is 355 g/mol. The Hall–Kier alpha value is -1.33. The number of methoxy groups -OCH3 is 1. The first kappa shape index (κ1) is 15.1. The van der Waals surface area contributed by atoms with Crippen molar-refractivity contribution in [2.24, 2.45) is 5.92 Å². The number of carboxylic acids is 1. The van der Waals surface area contributed by atoms with Gasteiger partial charge < -0.3 is 9.84 Å². The van der Waals surface area contributed by atoms with Crippen LogP contribution in [0.5, 0.6) is 5.75 Å². The third-order valence-electron chi connectivity index (χ3n) is 3.07. The zero-order valence-corrected chi connectivity index (χ0v) is 13.4. The molecular formula is C15H15BrO3S. The molecule has 1 atom stereocenters. The van der Waals surface area contributed by atoms with Crippen molar-refractivity contribution in [1.29, 1.82) is 0 Å². The van der Waals surface area contributed by atoms with Crippen LogP contribution in [0.3, 0.4) is 0 Å². The van der Waals surface area contributed by atoms with Gasteiger partial charge in [-0.3, -0.25) is 4.79 Å². The van der Waals surface area contributed by atoms with Gasteiger partial charge in [0, 0.05) is 4.88 Å². The van der Waals surface area contributed by atoms with E-state index in [1.165, 1.54) is 0 Å². The van der Waals surface area contributed by atoms with E-state index in [1.54, 1.807) is 18.4 Å². The first-order chi connectivity index (χ1) is 9.58. The van der Waals surface area contributed by atoms with Gasteiger partial charge in [0.05, 0.1) is 16.8 Å². The van der Waals surface area contributed by atoms with Gasteiger partial charge in [-0.25, -0.2) is 0 Å². The molecule has 2 rings (SSSR count). The minimum Gasteiger partial charge on any atom is -0.497 e. The van der Waals surface area contributed by atoms with Gasteiger partial charge in [0.15, 0.2) is 0 Å². The zero-order valence-electron chi connectivity index (χ0n) is 11.0. The monoisotopic (exact) mass is 354 g/mol. The second-order valence-corrected chi connectivity index (χ2v) is 7.04. The van der Waals surface area contributed by atoms with Crippen molar-refractivity contribution >= 4 is 33.2 Å². The molecule has 1 unspecified atom stereocenters. The summed E-state index contributed by atoms with van der Waals surface area (Å²) in [6.45, 7) is 0. The fraction of sp³-hybridized carbons (Fsp3) is 0.267. The first-order valence-electron chi connectivity index (χ1n) is 6.18. The molecule has 20 heavy (non-hydrogen) atoms. The summed E-state index contributed by atoms with van der Waals surface area (Å²) >= 11 is 4.98. The van der Waals surface area contributed by atoms with Gasteiger partial charge in [0.2, 0.25) is 0 Å². The van der Waals surface area contributed by atoms with E-state index in [9.17, 15) is 9.90 Å². The topological polar surface area (TPSA) is 46.5 Å². The summed E-state index contributed by atoms with van der Waals surface area (Å²) in [5.41, 5.74) is 1.01. The van der Waals surface area contributed by atoms with E-state index < -0.39 is 11.9 Å². The highest BCUT2D eigenvalue weighted by molar-refractivity contribution is 9.11. The number of ether oxygens (including phenoxy) is 1. The third-order valence-corrected chi connectivity index (χ3v) is 4.71. The zero-order chi connectivity index (χ0) is 14.5. The van der Waals surface area contributed by atoms with Gasteiger partial charge in [-0.05, 0) is 58.6 Å². The van der Waals surface area contributed by atoms with Crippen molar-refractivity contribution in [2.75, 3.05) is 7.11 Å². The van der Waals surface area contributed by atoms with Gasteiger partial charge >= 0.3 is 5.97 Å². The molecule has 106 valence electrons. The van der Waals surface area contributed by atoms with E-state index in [2.05, 4.69) is 15.9 Å². The highest BCUT2D eigenvalue weighted by Crippen LogP contribution is 2.26. The molecule has 0 aliphatic carbocycles. The molecule has 3 nitrogen and oxygen atoms in total. The first-order valence-corrected chi connectivity index (χ1v) is 7.79. The molecule has 1 heterocycles. The lowest BCUT2D eigenvalue weighted by Gasteiger charge is -2.11. The predicted octanol–water partition coefficient (Wildman–Crippen LogP) is 4.01. The van der Waals surface area contributed by atoms with E-state index in [-0.39, 0.29) is 0 Å². The highest BCUT2D eigenvalue weighted by Gasteiger charge is 2.19. The number of carbonyl (C=O) groups is 1. The Balaban J connectivity index is 2.06. The van der Waals surface area contributed by atoms with Crippen molar-refractivity contribution in [3.05, 3.63) is 50.6 Å². The second kappa shape index (κ2) is 6.90. The Bertz CT molecular complexity index is 577. The van der Waals surface area contributed by atoms with E-state index in [0.29, 0.717) is 12.8 Å². The molecule has 0 spiro atoms. The van der Waals surface area contributed by atoms with Crippen LogP contribution in [0.2, 0.25) is 0 Å². The Morgan fingerprint density at radius 3 is 2.45 bits per heavy atom. The Morgan fingerprint density at radius 2 is 1.95 bits per heavy atom. The van der Waals surface area contributed by atoms with Crippen molar-refractivity contribution in [3.8, 4) is 5.75 Å². The summed E-state index contributed by atoms with van der Waals surface area (Å²) in [6, 6.07) is 11.5. The number of rotatable bonds is 6. The molecule has 0 saturated carbocycles. The minimum absolute atomic E-state index is 0.408. The van der Waals surface area contributed by atoms with E-state index in [1.807, 2.05) is 36.4 Å².